The Kier molecular flexibility index (Phi) is 3.13. The van der Waals surface area contributed by atoms with Crippen molar-refractivity contribution in [1.29, 1.82) is 0 Å². The van der Waals surface area contributed by atoms with Crippen LogP contribution < -0.4 is 4.74 Å². The van der Waals surface area contributed by atoms with E-state index in [4.69, 9.17) is 16.3 Å². The van der Waals surface area contributed by atoms with Crippen molar-refractivity contribution >= 4 is 22.9 Å². The summed E-state index contributed by atoms with van der Waals surface area (Å²) in [5, 5.41) is 9.94. The van der Waals surface area contributed by atoms with Gasteiger partial charge >= 0.3 is 0 Å². The van der Waals surface area contributed by atoms with Gasteiger partial charge in [-0.2, -0.15) is 0 Å². The minimum absolute atomic E-state index is 0.360. The molecule has 0 fully saturated rings. The summed E-state index contributed by atoms with van der Waals surface area (Å²) in [4.78, 5) is 3.90. The largest absolute Gasteiger partial charge is 0.483 e. The summed E-state index contributed by atoms with van der Waals surface area (Å²) in [5.41, 5.74) is 0. The Hall–Kier alpha value is -1.20. The van der Waals surface area contributed by atoms with Crippen LogP contribution in [0.2, 0.25) is 5.15 Å². The van der Waals surface area contributed by atoms with Crippen LogP contribution in [0.1, 0.15) is 10.0 Å². The average molecular weight is 242 g/mol. The van der Waals surface area contributed by atoms with Gasteiger partial charge in [0.1, 0.15) is 11.6 Å². The van der Waals surface area contributed by atoms with Gasteiger partial charge in [0.2, 0.25) is 0 Å². The molecule has 0 saturated carbocycles. The highest BCUT2D eigenvalue weighted by Crippen LogP contribution is 2.21. The van der Waals surface area contributed by atoms with Gasteiger partial charge < -0.3 is 4.74 Å². The number of aromatic nitrogens is 3. The maximum Gasteiger partial charge on any atom is 0.171 e. The minimum Gasteiger partial charge on any atom is -0.483 e. The summed E-state index contributed by atoms with van der Waals surface area (Å²) in [7, 11) is 0. The Morgan fingerprint density at radius 3 is 3.00 bits per heavy atom. The van der Waals surface area contributed by atoms with E-state index in [1.807, 2.05) is 6.92 Å². The minimum atomic E-state index is 0.360. The lowest BCUT2D eigenvalue weighted by Crippen LogP contribution is -1.95. The Balaban J connectivity index is 2.02. The van der Waals surface area contributed by atoms with E-state index >= 15 is 0 Å². The molecule has 0 spiro atoms. The molecule has 0 radical (unpaired) electrons. The van der Waals surface area contributed by atoms with E-state index in [9.17, 15) is 0 Å². The second kappa shape index (κ2) is 4.55. The van der Waals surface area contributed by atoms with Gasteiger partial charge in [0.15, 0.2) is 15.9 Å². The highest BCUT2D eigenvalue weighted by Gasteiger charge is 2.04. The molecular formula is C9H8ClN3OS. The lowest BCUT2D eigenvalue weighted by molar-refractivity contribution is 0.303. The molecule has 0 saturated heterocycles. The molecule has 0 aliphatic heterocycles. The molecule has 6 heteroatoms. The number of nitrogens with zero attached hydrogens (tertiary/aromatic N) is 3. The topological polar surface area (TPSA) is 47.9 Å². The number of rotatable bonds is 3. The second-order valence-corrected chi connectivity index (χ2v) is 4.42. The molecule has 0 aromatic carbocycles. The van der Waals surface area contributed by atoms with E-state index in [2.05, 4.69) is 15.2 Å². The molecule has 2 aromatic heterocycles. The quantitative estimate of drug-likeness (QED) is 0.775. The van der Waals surface area contributed by atoms with Gasteiger partial charge in [0.05, 0.1) is 0 Å². The van der Waals surface area contributed by atoms with Crippen LogP contribution >= 0.6 is 22.9 Å². The third-order valence-corrected chi connectivity index (χ3v) is 2.74. The average Bonchev–Trinajstić information content (AvgIpc) is 2.63. The molecule has 2 aromatic rings. The third kappa shape index (κ3) is 2.64. The summed E-state index contributed by atoms with van der Waals surface area (Å²) in [6.07, 6.45) is 1.62. The number of halogens is 1. The van der Waals surface area contributed by atoms with Gasteiger partial charge in [0.25, 0.3) is 0 Å². The Labute approximate surface area is 95.9 Å². The molecule has 0 N–H and O–H groups in total. The first kappa shape index (κ1) is 10.3. The van der Waals surface area contributed by atoms with Gasteiger partial charge in [-0.3, -0.25) is 0 Å². The van der Waals surface area contributed by atoms with Gasteiger partial charge in [0, 0.05) is 6.20 Å². The van der Waals surface area contributed by atoms with Crippen molar-refractivity contribution < 1.29 is 4.74 Å². The van der Waals surface area contributed by atoms with E-state index in [0.29, 0.717) is 17.5 Å². The zero-order valence-corrected chi connectivity index (χ0v) is 9.55. The normalized spacial score (nSPS) is 10.3. The number of ether oxygens (including phenoxy) is 1. The third-order valence-electron chi connectivity index (χ3n) is 1.64. The molecule has 0 atom stereocenters. The van der Waals surface area contributed by atoms with E-state index in [1.54, 1.807) is 18.3 Å². The summed E-state index contributed by atoms with van der Waals surface area (Å²) >= 11 is 7.33. The first-order valence-corrected chi connectivity index (χ1v) is 5.47. The highest BCUT2D eigenvalue weighted by atomic mass is 35.5. The zero-order valence-electron chi connectivity index (χ0n) is 7.98. The van der Waals surface area contributed by atoms with Gasteiger partial charge in [-0.1, -0.05) is 22.9 Å². The Morgan fingerprint density at radius 2 is 2.33 bits per heavy atom. The maximum absolute atomic E-state index is 5.83. The second-order valence-electron chi connectivity index (χ2n) is 2.80. The number of aryl methyl sites for hydroxylation is 1. The molecule has 2 heterocycles. The smallest absolute Gasteiger partial charge is 0.171 e. The predicted molar refractivity (Wildman–Crippen MR) is 58.2 cm³/mol. The van der Waals surface area contributed by atoms with E-state index in [1.165, 1.54) is 11.3 Å². The molecule has 15 heavy (non-hydrogen) atoms. The van der Waals surface area contributed by atoms with E-state index < -0.39 is 0 Å². The van der Waals surface area contributed by atoms with Crippen molar-refractivity contribution in [3.63, 3.8) is 0 Å². The van der Waals surface area contributed by atoms with Crippen LogP contribution in [0.3, 0.4) is 0 Å². The molecular weight excluding hydrogens is 234 g/mol. The van der Waals surface area contributed by atoms with Gasteiger partial charge in [-0.15, -0.1) is 10.2 Å². The number of hydrogen-bond donors (Lipinski definition) is 0. The van der Waals surface area contributed by atoms with Crippen LogP contribution in [0.4, 0.5) is 0 Å². The van der Waals surface area contributed by atoms with Crippen LogP contribution in [-0.2, 0) is 6.61 Å². The fraction of sp³-hybridized carbons (Fsp3) is 0.222. The summed E-state index contributed by atoms with van der Waals surface area (Å²) in [6.45, 7) is 2.27. The maximum atomic E-state index is 5.83. The summed E-state index contributed by atoms with van der Waals surface area (Å²) in [6, 6.07) is 3.54. The lowest BCUT2D eigenvalue weighted by atomic mass is 10.5. The zero-order chi connectivity index (χ0) is 10.7. The van der Waals surface area contributed by atoms with Gasteiger partial charge in [-0.05, 0) is 19.1 Å². The first-order valence-electron chi connectivity index (χ1n) is 4.28. The van der Waals surface area contributed by atoms with E-state index in [0.717, 1.165) is 10.0 Å². The van der Waals surface area contributed by atoms with Crippen LogP contribution in [0, 0.1) is 6.92 Å². The standard InChI is InChI=1S/C9H8ClN3OS/c1-6-12-13-8(15-6)5-14-7-3-2-4-11-9(7)10/h2-4H,5H2,1H3. The molecule has 2 rings (SSSR count). The van der Waals surface area contributed by atoms with Crippen molar-refractivity contribution in [3.8, 4) is 5.75 Å². The Morgan fingerprint density at radius 1 is 1.47 bits per heavy atom. The summed E-state index contributed by atoms with van der Waals surface area (Å²) < 4.78 is 5.45. The highest BCUT2D eigenvalue weighted by molar-refractivity contribution is 7.11. The molecule has 0 unspecified atom stereocenters. The van der Waals surface area contributed by atoms with Crippen LogP contribution in [0.25, 0.3) is 0 Å². The lowest BCUT2D eigenvalue weighted by Gasteiger charge is -2.03. The SMILES string of the molecule is Cc1nnc(COc2cccnc2Cl)s1. The predicted octanol–water partition coefficient (Wildman–Crippen LogP) is 2.47. The fourth-order valence-electron chi connectivity index (χ4n) is 1.01. The van der Waals surface area contributed by atoms with Crippen molar-refractivity contribution in [3.05, 3.63) is 33.5 Å². The van der Waals surface area contributed by atoms with E-state index in [-0.39, 0.29) is 0 Å². The van der Waals surface area contributed by atoms with Crippen molar-refractivity contribution in [2.45, 2.75) is 13.5 Å². The number of pyridine rings is 1. The monoisotopic (exact) mass is 241 g/mol. The molecule has 4 nitrogen and oxygen atoms in total. The van der Waals surface area contributed by atoms with Crippen molar-refractivity contribution in [2.24, 2.45) is 0 Å². The fourth-order valence-corrected chi connectivity index (χ4v) is 1.81. The van der Waals surface area contributed by atoms with Crippen molar-refractivity contribution in [1.82, 2.24) is 15.2 Å². The van der Waals surface area contributed by atoms with Gasteiger partial charge in [-0.25, -0.2) is 4.98 Å². The van der Waals surface area contributed by atoms with Crippen molar-refractivity contribution in [2.75, 3.05) is 0 Å². The molecule has 0 bridgehead atoms. The molecule has 0 aliphatic rings. The van der Waals surface area contributed by atoms with Crippen LogP contribution in [0.5, 0.6) is 5.75 Å². The Bertz CT molecular complexity index is 460. The molecule has 0 aliphatic carbocycles. The van der Waals surface area contributed by atoms with Crippen LogP contribution in [0.15, 0.2) is 18.3 Å². The van der Waals surface area contributed by atoms with Crippen LogP contribution in [-0.4, -0.2) is 15.2 Å². The summed E-state index contributed by atoms with van der Waals surface area (Å²) in [5.74, 6) is 0.562. The molecule has 78 valence electrons. The molecule has 0 amide bonds. The first-order chi connectivity index (χ1) is 7.25. The number of hydrogen-bond acceptors (Lipinski definition) is 5.